The number of likely N-dealkylation sites (tertiary alicyclic amines) is 1. The van der Waals surface area contributed by atoms with Crippen molar-refractivity contribution < 1.29 is 28.9 Å². The first kappa shape index (κ1) is 25.4. The molecule has 0 bridgehead atoms. The molecule has 3 aromatic rings. The number of carbonyl (C=O) groups excluding carboxylic acids is 2. The average Bonchev–Trinajstić information content (AvgIpc) is 3.14. The summed E-state index contributed by atoms with van der Waals surface area (Å²) in [7, 11) is 4.57. The highest BCUT2D eigenvalue weighted by atomic mass is 35.5. The van der Waals surface area contributed by atoms with Gasteiger partial charge in [-0.2, -0.15) is 0 Å². The number of carbonyl (C=O) groups is 2. The number of rotatable bonds is 7. The summed E-state index contributed by atoms with van der Waals surface area (Å²) in [6, 6.07) is 15.8. The highest BCUT2D eigenvalue weighted by Crippen LogP contribution is 2.43. The van der Waals surface area contributed by atoms with E-state index in [4.69, 9.17) is 37.4 Å². The number of nitrogens with zero attached hydrogens (tertiary/aromatic N) is 1. The number of benzene rings is 3. The molecule has 4 rings (SSSR count). The van der Waals surface area contributed by atoms with Gasteiger partial charge in [-0.25, -0.2) is 0 Å². The smallest absolute Gasteiger partial charge is 0.295 e. The van der Waals surface area contributed by atoms with Gasteiger partial charge in [0, 0.05) is 12.1 Å². The molecule has 1 N–H and O–H groups in total. The predicted molar refractivity (Wildman–Crippen MR) is 137 cm³/mol. The number of Topliss-reactive ketones (excluding diaryl/α,β-unsaturated/α-hetero) is 1. The molecule has 0 spiro atoms. The molecule has 1 atom stereocenters. The maximum absolute atomic E-state index is 13.3. The second-order valence-electron chi connectivity index (χ2n) is 8.02. The number of ketones is 1. The number of hydrogen-bond donors (Lipinski definition) is 1. The van der Waals surface area contributed by atoms with Crippen molar-refractivity contribution in [2.24, 2.45) is 0 Å². The molecule has 0 saturated carbocycles. The maximum Gasteiger partial charge on any atom is 0.295 e. The molecule has 186 valence electrons. The molecule has 1 unspecified atom stereocenters. The lowest BCUT2D eigenvalue weighted by Crippen LogP contribution is -2.29. The zero-order valence-corrected chi connectivity index (χ0v) is 21.3. The van der Waals surface area contributed by atoms with E-state index in [9.17, 15) is 14.7 Å². The molecule has 1 aliphatic rings. The third kappa shape index (κ3) is 4.72. The molecule has 0 aliphatic carbocycles. The van der Waals surface area contributed by atoms with Gasteiger partial charge in [0.15, 0.2) is 11.5 Å². The lowest BCUT2D eigenvalue weighted by molar-refractivity contribution is -0.140. The molecule has 0 radical (unpaired) electrons. The molecule has 1 heterocycles. The zero-order valence-electron chi connectivity index (χ0n) is 19.7. The predicted octanol–water partition coefficient (Wildman–Crippen LogP) is 5.64. The van der Waals surface area contributed by atoms with Gasteiger partial charge in [-0.1, -0.05) is 41.4 Å². The summed E-state index contributed by atoms with van der Waals surface area (Å²) in [5.41, 5.74) is 1.52. The van der Waals surface area contributed by atoms with Crippen LogP contribution >= 0.6 is 23.2 Å². The minimum atomic E-state index is -0.902. The van der Waals surface area contributed by atoms with Crippen LogP contribution in [0, 0.1) is 0 Å². The zero-order chi connectivity index (χ0) is 26.0. The largest absolute Gasteiger partial charge is 0.507 e. The minimum Gasteiger partial charge on any atom is -0.507 e. The van der Waals surface area contributed by atoms with Crippen molar-refractivity contribution in [1.29, 1.82) is 0 Å². The summed E-state index contributed by atoms with van der Waals surface area (Å²) >= 11 is 12.2. The Hall–Kier alpha value is -3.68. The van der Waals surface area contributed by atoms with Crippen LogP contribution in [0.4, 0.5) is 0 Å². The molecule has 1 aliphatic heterocycles. The molecular weight excluding hydrogens is 505 g/mol. The lowest BCUT2D eigenvalue weighted by atomic mass is 9.94. The van der Waals surface area contributed by atoms with Gasteiger partial charge < -0.3 is 24.2 Å². The number of hydrogen-bond acceptors (Lipinski definition) is 6. The number of methoxy groups -OCH3 is 3. The van der Waals surface area contributed by atoms with Crippen molar-refractivity contribution in [3.8, 4) is 17.2 Å². The minimum absolute atomic E-state index is 0.0703. The molecule has 0 aromatic heterocycles. The Labute approximate surface area is 218 Å². The summed E-state index contributed by atoms with van der Waals surface area (Å²) in [6.45, 7) is 0.117. The first-order valence-corrected chi connectivity index (χ1v) is 11.6. The van der Waals surface area contributed by atoms with Crippen LogP contribution in [0.25, 0.3) is 5.76 Å². The lowest BCUT2D eigenvalue weighted by Gasteiger charge is -2.26. The third-order valence-corrected chi connectivity index (χ3v) is 6.71. The van der Waals surface area contributed by atoms with Crippen LogP contribution in [0.1, 0.15) is 22.7 Å². The van der Waals surface area contributed by atoms with Crippen LogP contribution in [0.3, 0.4) is 0 Å². The average molecular weight is 528 g/mol. The number of ether oxygens (including phenoxy) is 3. The van der Waals surface area contributed by atoms with Crippen LogP contribution in [0.15, 0.2) is 66.2 Å². The van der Waals surface area contributed by atoms with E-state index in [2.05, 4.69) is 0 Å². The molecule has 7 nitrogen and oxygen atoms in total. The Morgan fingerprint density at radius 2 is 1.56 bits per heavy atom. The third-order valence-electron chi connectivity index (χ3n) is 5.97. The molecule has 1 saturated heterocycles. The molecular formula is C27H23Cl2NO6. The maximum atomic E-state index is 13.3. The summed E-state index contributed by atoms with van der Waals surface area (Å²) in [5, 5.41) is 11.7. The highest BCUT2D eigenvalue weighted by Gasteiger charge is 2.46. The van der Waals surface area contributed by atoms with Gasteiger partial charge in [-0.05, 0) is 53.6 Å². The van der Waals surface area contributed by atoms with Crippen molar-refractivity contribution in [3.63, 3.8) is 0 Å². The fourth-order valence-corrected chi connectivity index (χ4v) is 4.44. The first-order valence-electron chi connectivity index (χ1n) is 10.9. The number of aliphatic hydroxyl groups is 1. The summed E-state index contributed by atoms with van der Waals surface area (Å²) in [6.07, 6.45) is 0. The number of aliphatic hydroxyl groups excluding tert-OH is 1. The SMILES string of the molecule is COc1ccc(CN2C(=O)C(=O)/C(=C(\O)c3ccc(Cl)c(Cl)c3)C2c2ccc(OC)c(OC)c2)cc1. The Kier molecular flexibility index (Phi) is 7.43. The fraction of sp³-hybridized carbons (Fsp3) is 0.185. The van der Waals surface area contributed by atoms with Crippen LogP contribution in [-0.4, -0.2) is 43.0 Å². The van der Waals surface area contributed by atoms with Crippen LogP contribution < -0.4 is 14.2 Å². The van der Waals surface area contributed by atoms with Crippen LogP contribution in [-0.2, 0) is 16.1 Å². The fourth-order valence-electron chi connectivity index (χ4n) is 4.14. The van der Waals surface area contributed by atoms with E-state index in [-0.39, 0.29) is 28.5 Å². The van der Waals surface area contributed by atoms with E-state index in [1.54, 1.807) is 37.4 Å². The highest BCUT2D eigenvalue weighted by molar-refractivity contribution is 6.46. The Morgan fingerprint density at radius 3 is 2.17 bits per heavy atom. The van der Waals surface area contributed by atoms with E-state index in [1.165, 1.54) is 37.3 Å². The van der Waals surface area contributed by atoms with Gasteiger partial charge in [-0.3, -0.25) is 9.59 Å². The Bertz CT molecular complexity index is 1350. The van der Waals surface area contributed by atoms with E-state index in [1.807, 2.05) is 12.1 Å². The van der Waals surface area contributed by atoms with Crippen molar-refractivity contribution in [3.05, 3.63) is 93.0 Å². The summed E-state index contributed by atoms with van der Waals surface area (Å²) < 4.78 is 16.0. The molecule has 1 fully saturated rings. The van der Waals surface area contributed by atoms with Gasteiger partial charge in [-0.15, -0.1) is 0 Å². The molecule has 36 heavy (non-hydrogen) atoms. The van der Waals surface area contributed by atoms with Gasteiger partial charge in [0.05, 0.1) is 43.0 Å². The van der Waals surface area contributed by atoms with Gasteiger partial charge in [0.1, 0.15) is 11.5 Å². The van der Waals surface area contributed by atoms with Crippen molar-refractivity contribution in [1.82, 2.24) is 4.90 Å². The topological polar surface area (TPSA) is 85.3 Å². The second kappa shape index (κ2) is 10.5. The summed E-state index contributed by atoms with van der Waals surface area (Å²) in [5.74, 6) is -0.350. The summed E-state index contributed by atoms with van der Waals surface area (Å²) in [4.78, 5) is 28.0. The van der Waals surface area contributed by atoms with Crippen molar-refractivity contribution in [2.75, 3.05) is 21.3 Å². The van der Waals surface area contributed by atoms with Crippen LogP contribution in [0.5, 0.6) is 17.2 Å². The van der Waals surface area contributed by atoms with E-state index >= 15 is 0 Å². The molecule has 1 amide bonds. The number of halogens is 2. The van der Waals surface area contributed by atoms with Crippen LogP contribution in [0.2, 0.25) is 10.0 Å². The second-order valence-corrected chi connectivity index (χ2v) is 8.83. The van der Waals surface area contributed by atoms with Gasteiger partial charge in [0.25, 0.3) is 11.7 Å². The van der Waals surface area contributed by atoms with E-state index in [0.29, 0.717) is 27.8 Å². The monoisotopic (exact) mass is 527 g/mol. The standard InChI is InChI=1S/C27H23Cl2NO6/c1-34-18-8-4-15(5-9-18)14-30-24(16-7-11-21(35-2)22(13-16)36-3)23(26(32)27(30)33)25(31)17-6-10-19(28)20(29)12-17/h4-13,24,31H,14H2,1-3H3/b25-23-. The van der Waals surface area contributed by atoms with E-state index in [0.717, 1.165) is 5.56 Å². The number of amides is 1. The van der Waals surface area contributed by atoms with Crippen molar-refractivity contribution >= 4 is 40.7 Å². The molecule has 3 aromatic carbocycles. The first-order chi connectivity index (χ1) is 17.3. The Morgan fingerprint density at radius 1 is 0.861 bits per heavy atom. The van der Waals surface area contributed by atoms with Gasteiger partial charge >= 0.3 is 0 Å². The van der Waals surface area contributed by atoms with E-state index < -0.39 is 17.7 Å². The normalized spacial score (nSPS) is 16.8. The quantitative estimate of drug-likeness (QED) is 0.243. The van der Waals surface area contributed by atoms with Gasteiger partial charge in [0.2, 0.25) is 0 Å². The molecule has 9 heteroatoms. The van der Waals surface area contributed by atoms with Crippen molar-refractivity contribution in [2.45, 2.75) is 12.6 Å². The Balaban J connectivity index is 1.88.